The van der Waals surface area contributed by atoms with Crippen LogP contribution in [0.5, 0.6) is 0 Å². The van der Waals surface area contributed by atoms with Gasteiger partial charge in [0.05, 0.1) is 16.7 Å². The smallest absolute Gasteiger partial charge is 0.272 e. The van der Waals surface area contributed by atoms with Gasteiger partial charge in [0.25, 0.3) is 5.56 Å². The van der Waals surface area contributed by atoms with Crippen molar-refractivity contribution >= 4 is 40.2 Å². The fraction of sp³-hybridized carbons (Fsp3) is 0.0625. The number of nitrogen functional groups attached to an aromatic ring is 2. The van der Waals surface area contributed by atoms with Crippen LogP contribution < -0.4 is 17.0 Å². The Balaban J connectivity index is 2.56. The van der Waals surface area contributed by atoms with Crippen LogP contribution in [0.2, 0.25) is 5.15 Å². The molecule has 3 aromatic rings. The number of rotatable bonds is 2. The lowest BCUT2D eigenvalue weighted by atomic mass is 9.96. The molecule has 24 heavy (non-hydrogen) atoms. The molecular formula is C16H13ClFN5O. The molecule has 0 amide bonds. The molecular weight excluding hydrogens is 333 g/mol. The van der Waals surface area contributed by atoms with E-state index in [-0.39, 0.29) is 27.7 Å². The number of aromatic amines is 1. The fourth-order valence-electron chi connectivity index (χ4n) is 2.65. The Labute approximate surface area is 140 Å². The van der Waals surface area contributed by atoms with Crippen molar-refractivity contribution in [1.29, 1.82) is 5.41 Å². The molecule has 0 unspecified atom stereocenters. The maximum Gasteiger partial charge on any atom is 0.272 e. The summed E-state index contributed by atoms with van der Waals surface area (Å²) in [6, 6.07) is 4.17. The SMILES string of the molecule is Cc1cc(Cl)nc2c(-c3ccc(F)c(N)c3C=N)c(N)c(=O)[nH]c12. The number of fused-ring (bicyclic) bond motifs is 1. The number of halogens is 2. The zero-order valence-electron chi connectivity index (χ0n) is 12.6. The minimum Gasteiger partial charge on any atom is -0.396 e. The molecule has 2 aromatic heterocycles. The third-order valence-corrected chi connectivity index (χ3v) is 4.02. The van der Waals surface area contributed by atoms with Gasteiger partial charge in [-0.15, -0.1) is 0 Å². The molecule has 0 aliphatic carbocycles. The van der Waals surface area contributed by atoms with Crippen molar-refractivity contribution in [3.63, 3.8) is 0 Å². The Morgan fingerprint density at radius 2 is 2.04 bits per heavy atom. The summed E-state index contributed by atoms with van der Waals surface area (Å²) in [5.74, 6) is -0.660. The summed E-state index contributed by atoms with van der Waals surface area (Å²) in [5, 5.41) is 7.76. The van der Waals surface area contributed by atoms with Crippen LogP contribution in [0, 0.1) is 18.2 Å². The molecule has 0 radical (unpaired) electrons. The number of aromatic nitrogens is 2. The van der Waals surface area contributed by atoms with Gasteiger partial charge in [0.2, 0.25) is 0 Å². The summed E-state index contributed by atoms with van der Waals surface area (Å²) in [4.78, 5) is 19.1. The standard InChI is InChI=1S/C16H13ClFN5O/c1-6-4-10(17)22-15-11(13(21)16(24)23-14(6)15)7-2-3-9(18)12(20)8(7)5-19/h2-5,19H,20-21H2,1H3,(H,23,24). The van der Waals surface area contributed by atoms with Gasteiger partial charge in [-0.25, -0.2) is 9.37 Å². The summed E-state index contributed by atoms with van der Waals surface area (Å²) in [5.41, 5.74) is 13.1. The fourth-order valence-corrected chi connectivity index (χ4v) is 2.90. The van der Waals surface area contributed by atoms with E-state index in [1.165, 1.54) is 6.07 Å². The van der Waals surface area contributed by atoms with E-state index in [1.807, 2.05) is 0 Å². The van der Waals surface area contributed by atoms with E-state index in [4.69, 9.17) is 28.5 Å². The molecule has 0 aliphatic heterocycles. The third-order valence-electron chi connectivity index (χ3n) is 3.82. The first-order chi connectivity index (χ1) is 11.3. The lowest BCUT2D eigenvalue weighted by Crippen LogP contribution is -2.15. The molecule has 0 saturated heterocycles. The lowest BCUT2D eigenvalue weighted by molar-refractivity contribution is 0.632. The quantitative estimate of drug-likeness (QED) is 0.324. The van der Waals surface area contributed by atoms with Crippen LogP contribution >= 0.6 is 11.6 Å². The number of hydrogen-bond donors (Lipinski definition) is 4. The first kappa shape index (κ1) is 15.9. The predicted molar refractivity (Wildman–Crippen MR) is 94.2 cm³/mol. The van der Waals surface area contributed by atoms with Gasteiger partial charge in [0.1, 0.15) is 16.7 Å². The second-order valence-corrected chi connectivity index (χ2v) is 5.68. The Kier molecular flexibility index (Phi) is 3.73. The van der Waals surface area contributed by atoms with E-state index in [0.717, 1.165) is 12.3 Å². The van der Waals surface area contributed by atoms with Crippen LogP contribution in [0.4, 0.5) is 15.8 Å². The zero-order valence-corrected chi connectivity index (χ0v) is 13.3. The molecule has 0 bridgehead atoms. The second kappa shape index (κ2) is 5.61. The van der Waals surface area contributed by atoms with E-state index >= 15 is 0 Å². The molecule has 1 aromatic carbocycles. The summed E-state index contributed by atoms with van der Waals surface area (Å²) in [7, 11) is 0. The predicted octanol–water partition coefficient (Wildman–Crippen LogP) is 2.85. The second-order valence-electron chi connectivity index (χ2n) is 5.29. The van der Waals surface area contributed by atoms with Crippen molar-refractivity contribution in [2.24, 2.45) is 0 Å². The van der Waals surface area contributed by atoms with Crippen LogP contribution in [0.3, 0.4) is 0 Å². The van der Waals surface area contributed by atoms with E-state index in [2.05, 4.69) is 9.97 Å². The number of nitrogens with one attached hydrogen (secondary N) is 2. The highest BCUT2D eigenvalue weighted by atomic mass is 35.5. The van der Waals surface area contributed by atoms with Crippen LogP contribution in [-0.2, 0) is 0 Å². The molecule has 8 heteroatoms. The molecule has 0 atom stereocenters. The average molecular weight is 346 g/mol. The Morgan fingerprint density at radius 3 is 2.71 bits per heavy atom. The Bertz CT molecular complexity index is 1060. The highest BCUT2D eigenvalue weighted by molar-refractivity contribution is 6.30. The summed E-state index contributed by atoms with van der Waals surface area (Å²) < 4.78 is 13.7. The number of benzene rings is 1. The van der Waals surface area contributed by atoms with E-state index in [9.17, 15) is 9.18 Å². The van der Waals surface area contributed by atoms with Gasteiger partial charge in [-0.1, -0.05) is 17.7 Å². The van der Waals surface area contributed by atoms with Gasteiger partial charge in [-0.05, 0) is 30.2 Å². The number of nitrogens with zero attached hydrogens (tertiary/aromatic N) is 1. The van der Waals surface area contributed by atoms with E-state index in [0.29, 0.717) is 22.2 Å². The Morgan fingerprint density at radius 1 is 1.33 bits per heavy atom. The molecule has 6 N–H and O–H groups in total. The number of hydrogen-bond acceptors (Lipinski definition) is 5. The minimum atomic E-state index is -0.660. The van der Waals surface area contributed by atoms with Crippen LogP contribution in [0.15, 0.2) is 23.0 Å². The summed E-state index contributed by atoms with van der Waals surface area (Å²) in [6.07, 6.45) is 0.914. The van der Waals surface area contributed by atoms with E-state index in [1.54, 1.807) is 13.0 Å². The van der Waals surface area contributed by atoms with Crippen LogP contribution in [-0.4, -0.2) is 16.2 Å². The molecule has 122 valence electrons. The topological polar surface area (TPSA) is 122 Å². The molecule has 0 saturated carbocycles. The molecule has 0 spiro atoms. The summed E-state index contributed by atoms with van der Waals surface area (Å²) >= 11 is 6.03. The normalized spacial score (nSPS) is 11.0. The van der Waals surface area contributed by atoms with Gasteiger partial charge >= 0.3 is 0 Å². The molecule has 0 aliphatic rings. The van der Waals surface area contributed by atoms with Crippen molar-refractivity contribution < 1.29 is 4.39 Å². The van der Waals surface area contributed by atoms with Gasteiger partial charge < -0.3 is 21.9 Å². The average Bonchev–Trinajstić information content (AvgIpc) is 2.53. The van der Waals surface area contributed by atoms with E-state index < -0.39 is 11.4 Å². The monoisotopic (exact) mass is 345 g/mol. The number of aryl methyl sites for hydroxylation is 1. The van der Waals surface area contributed by atoms with Crippen molar-refractivity contribution in [3.8, 4) is 11.1 Å². The first-order valence-corrected chi connectivity index (χ1v) is 7.30. The number of nitrogens with two attached hydrogens (primary N) is 2. The summed E-state index contributed by atoms with van der Waals surface area (Å²) in [6.45, 7) is 1.77. The molecule has 0 fully saturated rings. The maximum atomic E-state index is 13.7. The Hall–Kier alpha value is -2.93. The number of H-pyrrole nitrogens is 1. The van der Waals surface area contributed by atoms with Gasteiger partial charge in [0.15, 0.2) is 0 Å². The van der Waals surface area contributed by atoms with Gasteiger partial charge in [0, 0.05) is 17.3 Å². The van der Waals surface area contributed by atoms with Crippen LogP contribution in [0.25, 0.3) is 22.2 Å². The van der Waals surface area contributed by atoms with Crippen molar-refractivity contribution in [2.45, 2.75) is 6.92 Å². The lowest BCUT2D eigenvalue weighted by Gasteiger charge is -2.14. The third kappa shape index (κ3) is 2.30. The van der Waals surface area contributed by atoms with Crippen molar-refractivity contribution in [1.82, 2.24) is 9.97 Å². The first-order valence-electron chi connectivity index (χ1n) is 6.92. The number of anilines is 2. The van der Waals surface area contributed by atoms with Gasteiger partial charge in [-0.3, -0.25) is 4.79 Å². The maximum absolute atomic E-state index is 13.7. The largest absolute Gasteiger partial charge is 0.396 e. The minimum absolute atomic E-state index is 0.106. The van der Waals surface area contributed by atoms with Crippen molar-refractivity contribution in [3.05, 3.63) is 50.7 Å². The highest BCUT2D eigenvalue weighted by Gasteiger charge is 2.19. The molecule has 6 nitrogen and oxygen atoms in total. The van der Waals surface area contributed by atoms with Gasteiger partial charge in [-0.2, -0.15) is 0 Å². The van der Waals surface area contributed by atoms with Crippen LogP contribution in [0.1, 0.15) is 11.1 Å². The molecule has 2 heterocycles. The molecule has 3 rings (SSSR count). The van der Waals surface area contributed by atoms with Crippen molar-refractivity contribution in [2.75, 3.05) is 11.5 Å². The zero-order chi connectivity index (χ0) is 17.6. The number of pyridine rings is 2. The highest BCUT2D eigenvalue weighted by Crippen LogP contribution is 2.36.